The van der Waals surface area contributed by atoms with E-state index in [4.69, 9.17) is 33.7 Å². The monoisotopic (exact) mass is 372 g/mol. The molecular weight excluding hydrogens is 359 g/mol. The average molecular weight is 373 g/mol. The fourth-order valence-electron chi connectivity index (χ4n) is 1.91. The zero-order valence-electron chi connectivity index (χ0n) is 12.4. The summed E-state index contributed by atoms with van der Waals surface area (Å²) in [7, 11) is 0. The fraction of sp³-hybridized carbons (Fsp3) is 0.200. The summed E-state index contributed by atoms with van der Waals surface area (Å²) in [5.74, 6) is -0.650. The van der Waals surface area contributed by atoms with Crippen LogP contribution in [0.1, 0.15) is 20.8 Å². The molecule has 2 amide bonds. The molecule has 2 aromatic rings. The van der Waals surface area contributed by atoms with Crippen molar-refractivity contribution in [3.63, 3.8) is 0 Å². The lowest BCUT2D eigenvalue weighted by molar-refractivity contribution is -0.118. The second kappa shape index (κ2) is 7.21. The third-order valence-corrected chi connectivity index (χ3v) is 4.79. The lowest BCUT2D eigenvalue weighted by Gasteiger charge is -2.09. The van der Waals surface area contributed by atoms with Crippen LogP contribution in [0.25, 0.3) is 0 Å². The van der Waals surface area contributed by atoms with Crippen molar-refractivity contribution in [3.05, 3.63) is 44.2 Å². The van der Waals surface area contributed by atoms with Gasteiger partial charge in [0.15, 0.2) is 6.61 Å². The molecule has 0 atom stereocenters. The number of rotatable bonds is 5. The van der Waals surface area contributed by atoms with Crippen molar-refractivity contribution in [2.45, 2.75) is 13.8 Å². The van der Waals surface area contributed by atoms with Crippen LogP contribution >= 0.6 is 34.5 Å². The van der Waals surface area contributed by atoms with Gasteiger partial charge in [0.1, 0.15) is 10.8 Å². The first-order valence-corrected chi connectivity index (χ1v) is 8.14. The predicted octanol–water partition coefficient (Wildman–Crippen LogP) is 3.79. The number of halogens is 2. The first kappa shape index (κ1) is 17.6. The second-order valence-corrected chi connectivity index (χ2v) is 6.83. The van der Waals surface area contributed by atoms with E-state index in [1.807, 2.05) is 6.92 Å². The molecule has 1 aromatic heterocycles. The van der Waals surface area contributed by atoms with Crippen LogP contribution in [0.2, 0.25) is 10.0 Å². The van der Waals surface area contributed by atoms with Gasteiger partial charge >= 0.3 is 0 Å². The molecule has 1 heterocycles. The third-order valence-electron chi connectivity index (χ3n) is 3.14. The molecule has 1 aromatic carbocycles. The molecule has 0 aliphatic rings. The Morgan fingerprint density at radius 1 is 1.30 bits per heavy atom. The normalized spacial score (nSPS) is 10.4. The van der Waals surface area contributed by atoms with Gasteiger partial charge in [-0.1, -0.05) is 23.2 Å². The van der Waals surface area contributed by atoms with Crippen LogP contribution in [0, 0.1) is 13.8 Å². The van der Waals surface area contributed by atoms with Gasteiger partial charge in [0.25, 0.3) is 11.8 Å². The molecular formula is C15H14Cl2N2O3S. The number of thiophene rings is 1. The number of aryl methyl sites for hydroxylation is 1. The number of nitrogens with two attached hydrogens (primary N) is 1. The van der Waals surface area contributed by atoms with Gasteiger partial charge in [-0.2, -0.15) is 0 Å². The van der Waals surface area contributed by atoms with E-state index in [1.165, 1.54) is 17.4 Å². The topological polar surface area (TPSA) is 81.4 Å². The minimum atomic E-state index is -0.580. The van der Waals surface area contributed by atoms with Gasteiger partial charge in [0.05, 0.1) is 10.6 Å². The minimum Gasteiger partial charge on any atom is -0.482 e. The second-order valence-electron chi connectivity index (χ2n) is 4.76. The number of hydrogen-bond acceptors (Lipinski definition) is 4. The van der Waals surface area contributed by atoms with Gasteiger partial charge in [-0.05, 0) is 37.6 Å². The summed E-state index contributed by atoms with van der Waals surface area (Å²) in [6, 6.07) is 4.71. The maximum Gasteiger partial charge on any atom is 0.262 e. The number of ether oxygens (including phenoxy) is 1. The van der Waals surface area contributed by atoms with E-state index in [9.17, 15) is 9.59 Å². The third kappa shape index (κ3) is 4.16. The van der Waals surface area contributed by atoms with Crippen LogP contribution in [0.4, 0.5) is 5.00 Å². The van der Waals surface area contributed by atoms with E-state index in [-0.39, 0.29) is 6.61 Å². The molecule has 2 rings (SSSR count). The molecule has 0 bridgehead atoms. The van der Waals surface area contributed by atoms with Gasteiger partial charge in [-0.25, -0.2) is 0 Å². The van der Waals surface area contributed by atoms with E-state index in [2.05, 4.69) is 5.32 Å². The van der Waals surface area contributed by atoms with E-state index in [1.54, 1.807) is 19.1 Å². The van der Waals surface area contributed by atoms with Crippen molar-refractivity contribution in [1.29, 1.82) is 0 Å². The highest BCUT2D eigenvalue weighted by Gasteiger charge is 2.19. The van der Waals surface area contributed by atoms with Gasteiger partial charge in [0, 0.05) is 9.90 Å². The molecule has 0 unspecified atom stereocenters. The fourth-order valence-corrected chi connectivity index (χ4v) is 3.45. The summed E-state index contributed by atoms with van der Waals surface area (Å²) in [5.41, 5.74) is 6.45. The number of amides is 2. The van der Waals surface area contributed by atoms with E-state index in [0.29, 0.717) is 26.4 Å². The van der Waals surface area contributed by atoms with Crippen LogP contribution in [0.5, 0.6) is 5.75 Å². The summed E-state index contributed by atoms with van der Waals surface area (Å²) >= 11 is 13.0. The zero-order chi connectivity index (χ0) is 17.1. The molecule has 0 aliphatic heterocycles. The maximum absolute atomic E-state index is 12.0. The van der Waals surface area contributed by atoms with Gasteiger partial charge in [0.2, 0.25) is 0 Å². The number of benzene rings is 1. The van der Waals surface area contributed by atoms with Crippen molar-refractivity contribution in [2.75, 3.05) is 11.9 Å². The van der Waals surface area contributed by atoms with Crippen molar-refractivity contribution in [1.82, 2.24) is 0 Å². The number of primary amides is 1. The number of anilines is 1. The molecule has 3 N–H and O–H groups in total. The van der Waals surface area contributed by atoms with E-state index >= 15 is 0 Å². The zero-order valence-corrected chi connectivity index (χ0v) is 14.7. The summed E-state index contributed by atoms with van der Waals surface area (Å²) in [6.07, 6.45) is 0. The highest BCUT2D eigenvalue weighted by atomic mass is 35.5. The molecule has 0 saturated carbocycles. The maximum atomic E-state index is 12.0. The van der Waals surface area contributed by atoms with Crippen molar-refractivity contribution >= 4 is 51.4 Å². The van der Waals surface area contributed by atoms with E-state index < -0.39 is 11.8 Å². The lowest BCUT2D eigenvalue weighted by Crippen LogP contribution is -2.22. The number of hydrogen-bond donors (Lipinski definition) is 2. The summed E-state index contributed by atoms with van der Waals surface area (Å²) < 4.78 is 5.35. The Balaban J connectivity index is 2.06. The van der Waals surface area contributed by atoms with E-state index in [0.717, 1.165) is 10.4 Å². The van der Waals surface area contributed by atoms with Crippen LogP contribution in [0.15, 0.2) is 18.2 Å². The molecule has 8 heteroatoms. The molecule has 0 spiro atoms. The van der Waals surface area contributed by atoms with Crippen LogP contribution in [-0.2, 0) is 4.79 Å². The van der Waals surface area contributed by atoms with Crippen molar-refractivity contribution in [2.24, 2.45) is 5.73 Å². The van der Waals surface area contributed by atoms with Gasteiger partial charge in [-0.3, -0.25) is 9.59 Å². The molecule has 0 aliphatic carbocycles. The predicted molar refractivity (Wildman–Crippen MR) is 92.9 cm³/mol. The van der Waals surface area contributed by atoms with Crippen LogP contribution in [0.3, 0.4) is 0 Å². The Bertz CT molecular complexity index is 774. The SMILES string of the molecule is Cc1sc(NC(=O)COc2ccc(Cl)cc2Cl)c(C(N)=O)c1C. The molecule has 23 heavy (non-hydrogen) atoms. The van der Waals surface area contributed by atoms with Gasteiger partial charge in [-0.15, -0.1) is 11.3 Å². The molecule has 0 radical (unpaired) electrons. The van der Waals surface area contributed by atoms with Crippen molar-refractivity contribution in [3.8, 4) is 5.75 Å². The quantitative estimate of drug-likeness (QED) is 0.837. The molecule has 5 nitrogen and oxygen atoms in total. The lowest BCUT2D eigenvalue weighted by atomic mass is 10.1. The number of nitrogens with one attached hydrogen (secondary N) is 1. The summed E-state index contributed by atoms with van der Waals surface area (Å²) in [4.78, 5) is 24.4. The Morgan fingerprint density at radius 3 is 2.61 bits per heavy atom. The van der Waals surface area contributed by atoms with Crippen LogP contribution in [-0.4, -0.2) is 18.4 Å². The molecule has 0 fully saturated rings. The van der Waals surface area contributed by atoms with Gasteiger partial charge < -0.3 is 15.8 Å². The largest absolute Gasteiger partial charge is 0.482 e. The summed E-state index contributed by atoms with van der Waals surface area (Å²) in [6.45, 7) is 3.38. The first-order valence-electron chi connectivity index (χ1n) is 6.57. The minimum absolute atomic E-state index is 0.254. The first-order chi connectivity index (χ1) is 10.8. The standard InChI is InChI=1S/C15H14Cl2N2O3S/c1-7-8(2)23-15(13(7)14(18)21)19-12(20)6-22-11-4-3-9(16)5-10(11)17/h3-5H,6H2,1-2H3,(H2,18,21)(H,19,20). The Hall–Kier alpha value is -1.76. The van der Waals surface area contributed by atoms with Crippen LogP contribution < -0.4 is 15.8 Å². The average Bonchev–Trinajstić information content (AvgIpc) is 2.72. The summed E-state index contributed by atoms with van der Waals surface area (Å²) in [5, 5.41) is 3.84. The van der Waals surface area contributed by atoms with Crippen molar-refractivity contribution < 1.29 is 14.3 Å². The smallest absolute Gasteiger partial charge is 0.262 e. The number of carbonyl (C=O) groups excluding carboxylic acids is 2. The molecule has 0 saturated heterocycles. The highest BCUT2D eigenvalue weighted by molar-refractivity contribution is 7.16. The Morgan fingerprint density at radius 2 is 2.00 bits per heavy atom. The number of carbonyl (C=O) groups is 2. The highest BCUT2D eigenvalue weighted by Crippen LogP contribution is 2.32. The molecule has 122 valence electrons. The Kier molecular flexibility index (Phi) is 5.51. The Labute approximate surface area is 147 Å².